The second-order valence-electron chi connectivity index (χ2n) is 4.33. The van der Waals surface area contributed by atoms with E-state index >= 15 is 0 Å². The van der Waals surface area contributed by atoms with Crippen molar-refractivity contribution in [3.63, 3.8) is 0 Å². The topological polar surface area (TPSA) is 47.3 Å². The first-order valence-electron chi connectivity index (χ1n) is 5.49. The van der Waals surface area contributed by atoms with Crippen LogP contribution < -0.4 is 11.1 Å². The number of nitrogens with one attached hydrogen (secondary N) is 1. The van der Waals surface area contributed by atoms with E-state index < -0.39 is 0 Å². The summed E-state index contributed by atoms with van der Waals surface area (Å²) >= 11 is 3.39. The lowest BCUT2D eigenvalue weighted by atomic mass is 9.80. The smallest absolute Gasteiger partial charge is 0.0850 e. The molecule has 0 bridgehead atoms. The van der Waals surface area contributed by atoms with Crippen molar-refractivity contribution in [2.24, 2.45) is 0 Å². The minimum absolute atomic E-state index is 0.0273. The third kappa shape index (κ3) is 2.33. The maximum atomic E-state index is 5.92. The minimum Gasteiger partial charge on any atom is -0.397 e. The van der Waals surface area contributed by atoms with Crippen LogP contribution in [-0.4, -0.2) is 19.3 Å². The van der Waals surface area contributed by atoms with Crippen LogP contribution in [0.15, 0.2) is 22.7 Å². The van der Waals surface area contributed by atoms with E-state index in [1.54, 1.807) is 7.11 Å². The Bertz CT molecular complexity index is 372. The average molecular weight is 285 g/mol. The van der Waals surface area contributed by atoms with E-state index in [4.69, 9.17) is 10.5 Å². The molecule has 0 unspecified atom stereocenters. The van der Waals surface area contributed by atoms with Gasteiger partial charge in [-0.2, -0.15) is 0 Å². The average Bonchev–Trinajstić information content (AvgIpc) is 2.19. The third-order valence-corrected chi connectivity index (χ3v) is 3.81. The number of rotatable bonds is 4. The fourth-order valence-electron chi connectivity index (χ4n) is 1.98. The zero-order valence-corrected chi connectivity index (χ0v) is 11.0. The molecule has 1 aliphatic carbocycles. The summed E-state index contributed by atoms with van der Waals surface area (Å²) in [4.78, 5) is 0. The van der Waals surface area contributed by atoms with Crippen LogP contribution in [0.3, 0.4) is 0 Å². The Morgan fingerprint density at radius 2 is 2.25 bits per heavy atom. The van der Waals surface area contributed by atoms with Crippen LogP contribution in [0.2, 0.25) is 0 Å². The van der Waals surface area contributed by atoms with Crippen LogP contribution in [0.1, 0.15) is 19.3 Å². The first-order chi connectivity index (χ1) is 7.65. The molecular formula is C12H17BrN2O. The maximum absolute atomic E-state index is 5.92. The summed E-state index contributed by atoms with van der Waals surface area (Å²) in [6.07, 6.45) is 3.52. The first-order valence-corrected chi connectivity index (χ1v) is 6.29. The molecule has 3 N–H and O–H groups in total. The van der Waals surface area contributed by atoms with Crippen LogP contribution in [0.4, 0.5) is 11.4 Å². The number of anilines is 2. The first kappa shape index (κ1) is 11.7. The number of ether oxygens (including phenoxy) is 1. The molecule has 0 amide bonds. The van der Waals surface area contributed by atoms with Gasteiger partial charge in [0.25, 0.3) is 0 Å². The van der Waals surface area contributed by atoms with Gasteiger partial charge in [0.15, 0.2) is 0 Å². The number of halogens is 1. The normalized spacial score (nSPS) is 17.9. The van der Waals surface area contributed by atoms with E-state index in [0.717, 1.165) is 35.2 Å². The Kier molecular flexibility index (Phi) is 3.40. The standard InChI is InChI=1S/C12H17BrN2O/c1-16-12(5-2-6-12)8-15-11-4-3-9(13)7-10(11)14/h3-4,7,15H,2,5-6,8,14H2,1H3. The Hall–Kier alpha value is -0.740. The molecule has 16 heavy (non-hydrogen) atoms. The number of hydrogen-bond donors (Lipinski definition) is 2. The summed E-state index contributed by atoms with van der Waals surface area (Å²) in [7, 11) is 1.78. The van der Waals surface area contributed by atoms with Gasteiger partial charge in [-0.25, -0.2) is 0 Å². The molecule has 1 saturated carbocycles. The fourth-order valence-corrected chi connectivity index (χ4v) is 2.35. The Labute approximate surface area is 104 Å². The van der Waals surface area contributed by atoms with Crippen molar-refractivity contribution in [3.05, 3.63) is 22.7 Å². The van der Waals surface area contributed by atoms with Gasteiger partial charge in [0.2, 0.25) is 0 Å². The van der Waals surface area contributed by atoms with Gasteiger partial charge in [-0.05, 0) is 37.5 Å². The lowest BCUT2D eigenvalue weighted by Crippen LogP contribution is -2.45. The molecule has 0 spiro atoms. The van der Waals surface area contributed by atoms with Crippen LogP contribution in [0.25, 0.3) is 0 Å². The third-order valence-electron chi connectivity index (χ3n) is 3.31. The van der Waals surface area contributed by atoms with Crippen LogP contribution >= 0.6 is 15.9 Å². The summed E-state index contributed by atoms with van der Waals surface area (Å²) in [6, 6.07) is 5.88. The second kappa shape index (κ2) is 4.63. The lowest BCUT2D eigenvalue weighted by molar-refractivity contribution is -0.0601. The van der Waals surface area contributed by atoms with Crippen molar-refractivity contribution in [2.75, 3.05) is 24.7 Å². The zero-order chi connectivity index (χ0) is 11.6. The van der Waals surface area contributed by atoms with E-state index in [0.29, 0.717) is 0 Å². The summed E-state index contributed by atoms with van der Waals surface area (Å²) in [5.41, 5.74) is 7.69. The van der Waals surface area contributed by atoms with Crippen LogP contribution in [0, 0.1) is 0 Å². The van der Waals surface area contributed by atoms with Gasteiger partial charge >= 0.3 is 0 Å². The maximum Gasteiger partial charge on any atom is 0.0850 e. The van der Waals surface area contributed by atoms with Gasteiger partial charge < -0.3 is 15.8 Å². The zero-order valence-electron chi connectivity index (χ0n) is 9.42. The second-order valence-corrected chi connectivity index (χ2v) is 5.24. The number of nitrogen functional groups attached to an aromatic ring is 1. The molecule has 0 saturated heterocycles. The molecule has 0 atom stereocenters. The molecule has 0 heterocycles. The van der Waals surface area contributed by atoms with Crippen molar-refractivity contribution >= 4 is 27.3 Å². The molecule has 88 valence electrons. The highest BCUT2D eigenvalue weighted by Crippen LogP contribution is 2.35. The molecule has 1 fully saturated rings. The van der Waals surface area contributed by atoms with Gasteiger partial charge in [0.1, 0.15) is 0 Å². The predicted molar refractivity (Wildman–Crippen MR) is 70.6 cm³/mol. The summed E-state index contributed by atoms with van der Waals surface area (Å²) in [6.45, 7) is 0.829. The SMILES string of the molecule is COC1(CNc2ccc(Br)cc2N)CCC1. The molecule has 0 aliphatic heterocycles. The molecule has 1 aliphatic rings. The quantitative estimate of drug-likeness (QED) is 0.836. The summed E-state index contributed by atoms with van der Waals surface area (Å²) in [5.74, 6) is 0. The van der Waals surface area contributed by atoms with E-state index in [9.17, 15) is 0 Å². The van der Waals surface area contributed by atoms with Crippen LogP contribution in [0.5, 0.6) is 0 Å². The molecule has 0 radical (unpaired) electrons. The largest absolute Gasteiger partial charge is 0.397 e. The molecule has 4 heteroatoms. The van der Waals surface area contributed by atoms with E-state index in [1.807, 2.05) is 18.2 Å². The van der Waals surface area contributed by atoms with Crippen LogP contribution in [-0.2, 0) is 4.74 Å². The predicted octanol–water partition coefficient (Wildman–Crippen LogP) is 3.01. The van der Waals surface area contributed by atoms with Crippen molar-refractivity contribution in [1.29, 1.82) is 0 Å². The minimum atomic E-state index is 0.0273. The molecular weight excluding hydrogens is 268 g/mol. The van der Waals surface area contributed by atoms with Gasteiger partial charge in [-0.1, -0.05) is 15.9 Å². The Morgan fingerprint density at radius 1 is 1.50 bits per heavy atom. The molecule has 3 nitrogen and oxygen atoms in total. The van der Waals surface area contributed by atoms with Gasteiger partial charge in [-0.15, -0.1) is 0 Å². The van der Waals surface area contributed by atoms with Gasteiger partial charge in [-0.3, -0.25) is 0 Å². The molecule has 1 aromatic carbocycles. The monoisotopic (exact) mass is 284 g/mol. The molecule has 2 rings (SSSR count). The number of benzene rings is 1. The highest BCUT2D eigenvalue weighted by Gasteiger charge is 2.36. The number of methoxy groups -OCH3 is 1. The van der Waals surface area contributed by atoms with Crippen molar-refractivity contribution in [1.82, 2.24) is 0 Å². The van der Waals surface area contributed by atoms with Crippen molar-refractivity contribution in [2.45, 2.75) is 24.9 Å². The van der Waals surface area contributed by atoms with E-state index in [2.05, 4.69) is 21.2 Å². The lowest BCUT2D eigenvalue weighted by Gasteiger charge is -2.40. The molecule has 1 aromatic rings. The fraction of sp³-hybridized carbons (Fsp3) is 0.500. The van der Waals surface area contributed by atoms with Gasteiger partial charge in [0, 0.05) is 18.1 Å². The Morgan fingerprint density at radius 3 is 2.75 bits per heavy atom. The van der Waals surface area contributed by atoms with E-state index in [1.165, 1.54) is 6.42 Å². The Balaban J connectivity index is 1.99. The highest BCUT2D eigenvalue weighted by atomic mass is 79.9. The van der Waals surface area contributed by atoms with E-state index in [-0.39, 0.29) is 5.60 Å². The highest BCUT2D eigenvalue weighted by molar-refractivity contribution is 9.10. The van der Waals surface area contributed by atoms with Gasteiger partial charge in [0.05, 0.1) is 17.0 Å². The summed E-state index contributed by atoms with van der Waals surface area (Å²) in [5, 5.41) is 3.36. The van der Waals surface area contributed by atoms with Crippen molar-refractivity contribution in [3.8, 4) is 0 Å². The number of nitrogens with two attached hydrogens (primary N) is 1. The number of hydrogen-bond acceptors (Lipinski definition) is 3. The molecule has 0 aromatic heterocycles. The summed E-state index contributed by atoms with van der Waals surface area (Å²) < 4.78 is 6.55. The van der Waals surface area contributed by atoms with Crippen molar-refractivity contribution < 1.29 is 4.74 Å².